The highest BCUT2D eigenvalue weighted by atomic mass is 16.7. The fraction of sp³-hybridized carbons (Fsp3) is 0.385. The van der Waals surface area contributed by atoms with Crippen molar-refractivity contribution in [1.29, 1.82) is 0 Å². The van der Waals surface area contributed by atoms with Gasteiger partial charge in [0.05, 0.1) is 12.5 Å². The van der Waals surface area contributed by atoms with Gasteiger partial charge in [0.15, 0.2) is 11.5 Å². The van der Waals surface area contributed by atoms with Crippen LogP contribution in [0.1, 0.15) is 20.3 Å². The third-order valence-electron chi connectivity index (χ3n) is 2.68. The Labute approximate surface area is 116 Å². The van der Waals surface area contributed by atoms with Gasteiger partial charge < -0.3 is 26.3 Å². The Bertz CT molecular complexity index is 557. The van der Waals surface area contributed by atoms with Crippen LogP contribution in [-0.2, 0) is 9.59 Å². The number of rotatable bonds is 4. The summed E-state index contributed by atoms with van der Waals surface area (Å²) in [5.74, 6) is -0.694. The molecule has 0 bridgehead atoms. The van der Waals surface area contributed by atoms with Gasteiger partial charge in [-0.25, -0.2) is 0 Å². The molecule has 7 nitrogen and oxygen atoms in total. The van der Waals surface area contributed by atoms with Gasteiger partial charge in [0.1, 0.15) is 0 Å². The lowest BCUT2D eigenvalue weighted by Crippen LogP contribution is -2.38. The fourth-order valence-electron chi connectivity index (χ4n) is 1.84. The van der Waals surface area contributed by atoms with E-state index < -0.39 is 23.6 Å². The number of primary amides is 1. The fourth-order valence-corrected chi connectivity index (χ4v) is 1.84. The molecule has 0 aliphatic carbocycles. The molecule has 2 rings (SSSR count). The van der Waals surface area contributed by atoms with E-state index in [0.29, 0.717) is 17.2 Å². The van der Waals surface area contributed by atoms with Gasteiger partial charge in [-0.2, -0.15) is 0 Å². The number of nitrogens with two attached hydrogens (primary N) is 2. The highest BCUT2D eigenvalue weighted by Crippen LogP contribution is 2.40. The van der Waals surface area contributed by atoms with E-state index in [4.69, 9.17) is 20.9 Å². The zero-order chi connectivity index (χ0) is 14.9. The minimum absolute atomic E-state index is 0.205. The lowest BCUT2D eigenvalue weighted by molar-refractivity contribution is -0.123. The number of fused-ring (bicyclic) bond motifs is 1. The normalized spacial score (nSPS) is 16.6. The van der Waals surface area contributed by atoms with E-state index in [-0.39, 0.29) is 6.42 Å². The molecule has 1 aromatic rings. The molecule has 7 heteroatoms. The second kappa shape index (κ2) is 5.01. The predicted molar refractivity (Wildman–Crippen MR) is 72.2 cm³/mol. The Morgan fingerprint density at radius 2 is 1.95 bits per heavy atom. The second-order valence-electron chi connectivity index (χ2n) is 5.03. The van der Waals surface area contributed by atoms with E-state index in [1.807, 2.05) is 0 Å². The highest BCUT2D eigenvalue weighted by molar-refractivity contribution is 5.97. The first-order valence-electron chi connectivity index (χ1n) is 6.14. The van der Waals surface area contributed by atoms with Crippen molar-refractivity contribution < 1.29 is 19.1 Å². The molecule has 0 spiro atoms. The van der Waals surface area contributed by atoms with Crippen LogP contribution in [0.3, 0.4) is 0 Å². The van der Waals surface area contributed by atoms with Crippen molar-refractivity contribution in [3.8, 4) is 11.5 Å². The van der Waals surface area contributed by atoms with Crippen LogP contribution in [0, 0.1) is 0 Å². The van der Waals surface area contributed by atoms with Gasteiger partial charge in [-0.1, -0.05) is 0 Å². The Morgan fingerprint density at radius 1 is 1.30 bits per heavy atom. The largest absolute Gasteiger partial charge is 0.449 e. The van der Waals surface area contributed by atoms with Gasteiger partial charge in [-0.3, -0.25) is 9.59 Å². The molecule has 0 aromatic heterocycles. The Kier molecular flexibility index (Phi) is 3.54. The summed E-state index contributed by atoms with van der Waals surface area (Å²) in [5, 5.41) is 2.60. The maximum atomic E-state index is 11.8. The Balaban J connectivity index is 2.05. The maximum Gasteiger partial charge on any atom is 0.246 e. The summed E-state index contributed by atoms with van der Waals surface area (Å²) in [6.45, 7) is 3.57. The van der Waals surface area contributed by atoms with E-state index in [1.54, 1.807) is 32.0 Å². The van der Waals surface area contributed by atoms with Crippen molar-refractivity contribution in [3.63, 3.8) is 0 Å². The molecule has 0 saturated carbocycles. The topological polar surface area (TPSA) is 117 Å². The molecule has 1 atom stereocenters. The Hall–Kier alpha value is -2.28. The van der Waals surface area contributed by atoms with Crippen LogP contribution in [0.5, 0.6) is 11.5 Å². The van der Waals surface area contributed by atoms with Crippen LogP contribution in [0.2, 0.25) is 0 Å². The minimum Gasteiger partial charge on any atom is -0.449 e. The van der Waals surface area contributed by atoms with Gasteiger partial charge in [-0.05, 0) is 12.1 Å². The van der Waals surface area contributed by atoms with Crippen LogP contribution in [-0.4, -0.2) is 23.6 Å². The van der Waals surface area contributed by atoms with E-state index in [1.165, 1.54) is 0 Å². The summed E-state index contributed by atoms with van der Waals surface area (Å²) in [4.78, 5) is 22.5. The molecular weight excluding hydrogens is 262 g/mol. The van der Waals surface area contributed by atoms with Crippen molar-refractivity contribution in [2.24, 2.45) is 11.5 Å². The number of benzene rings is 1. The molecule has 2 amide bonds. The summed E-state index contributed by atoms with van der Waals surface area (Å²) in [5.41, 5.74) is 11.1. The first-order valence-corrected chi connectivity index (χ1v) is 6.14. The molecule has 5 N–H and O–H groups in total. The lowest BCUT2D eigenvalue weighted by atomic mass is 10.2. The van der Waals surface area contributed by atoms with Crippen molar-refractivity contribution in [3.05, 3.63) is 18.2 Å². The van der Waals surface area contributed by atoms with E-state index in [0.717, 1.165) is 0 Å². The van der Waals surface area contributed by atoms with Crippen molar-refractivity contribution in [1.82, 2.24) is 0 Å². The van der Waals surface area contributed by atoms with E-state index in [2.05, 4.69) is 5.32 Å². The van der Waals surface area contributed by atoms with E-state index in [9.17, 15) is 9.59 Å². The summed E-state index contributed by atoms with van der Waals surface area (Å²) in [6.07, 6.45) is -0.205. The summed E-state index contributed by atoms with van der Waals surface area (Å²) in [6, 6.07) is 4.02. The number of carbonyl (C=O) groups excluding carboxylic acids is 2. The number of ether oxygens (including phenoxy) is 2. The predicted octanol–water partition coefficient (Wildman–Crippen LogP) is 0.335. The monoisotopic (exact) mass is 279 g/mol. The molecule has 108 valence electrons. The summed E-state index contributed by atoms with van der Waals surface area (Å²) in [7, 11) is 0. The number of carbonyl (C=O) groups is 2. The third-order valence-corrected chi connectivity index (χ3v) is 2.68. The highest BCUT2D eigenvalue weighted by Gasteiger charge is 2.31. The van der Waals surface area contributed by atoms with Crippen molar-refractivity contribution >= 4 is 17.5 Å². The quantitative estimate of drug-likeness (QED) is 0.734. The van der Waals surface area contributed by atoms with E-state index >= 15 is 0 Å². The third kappa shape index (κ3) is 3.18. The van der Waals surface area contributed by atoms with Crippen LogP contribution in [0.4, 0.5) is 5.69 Å². The molecule has 20 heavy (non-hydrogen) atoms. The van der Waals surface area contributed by atoms with Gasteiger partial charge in [0.25, 0.3) is 0 Å². The van der Waals surface area contributed by atoms with Gasteiger partial charge >= 0.3 is 0 Å². The van der Waals surface area contributed by atoms with Crippen molar-refractivity contribution in [2.45, 2.75) is 32.1 Å². The average Bonchev–Trinajstić information content (AvgIpc) is 2.61. The lowest BCUT2D eigenvalue weighted by Gasteiger charge is -2.16. The smallest absolute Gasteiger partial charge is 0.246 e. The number of nitrogens with one attached hydrogen (secondary N) is 1. The molecule has 0 fully saturated rings. The minimum atomic E-state index is -0.977. The van der Waals surface area contributed by atoms with Crippen molar-refractivity contribution in [2.75, 3.05) is 5.32 Å². The van der Waals surface area contributed by atoms with Gasteiger partial charge in [0.2, 0.25) is 17.6 Å². The summed E-state index contributed by atoms with van der Waals surface area (Å²) >= 11 is 0. The number of amides is 2. The molecule has 1 heterocycles. The van der Waals surface area contributed by atoms with Crippen LogP contribution < -0.4 is 26.3 Å². The summed E-state index contributed by atoms with van der Waals surface area (Å²) < 4.78 is 11.1. The second-order valence-corrected chi connectivity index (χ2v) is 5.03. The Morgan fingerprint density at radius 3 is 2.60 bits per heavy atom. The molecular formula is C13H17N3O4. The molecule has 0 saturated heterocycles. The standard InChI is InChI=1S/C13H17N3O4/c1-13(2)19-9-4-3-7(5-10(9)20-13)16-12(18)8(14)6-11(15)17/h3-5,8H,6,14H2,1-2H3,(H2,15,17)(H,16,18). The molecule has 1 aliphatic heterocycles. The van der Waals surface area contributed by atoms with Gasteiger partial charge in [0, 0.05) is 25.6 Å². The average molecular weight is 279 g/mol. The first kappa shape index (κ1) is 14.1. The SMILES string of the molecule is CC1(C)Oc2ccc(NC(=O)C(N)CC(N)=O)cc2O1. The number of hydrogen-bond donors (Lipinski definition) is 3. The van der Waals surface area contributed by atoms with Crippen LogP contribution in [0.25, 0.3) is 0 Å². The zero-order valence-corrected chi connectivity index (χ0v) is 11.3. The maximum absolute atomic E-state index is 11.8. The zero-order valence-electron chi connectivity index (χ0n) is 11.3. The number of anilines is 1. The van der Waals surface area contributed by atoms with Gasteiger partial charge in [-0.15, -0.1) is 0 Å². The number of hydrogen-bond acceptors (Lipinski definition) is 5. The molecule has 0 radical (unpaired) electrons. The van der Waals surface area contributed by atoms with Crippen LogP contribution in [0.15, 0.2) is 18.2 Å². The molecule has 1 aromatic carbocycles. The molecule has 1 unspecified atom stereocenters. The molecule has 1 aliphatic rings. The first-order chi connectivity index (χ1) is 9.27. The van der Waals surface area contributed by atoms with Crippen LogP contribution >= 0.6 is 0 Å².